The molecule has 3 rings (SSSR count). The topological polar surface area (TPSA) is 102 Å². The predicted molar refractivity (Wildman–Crippen MR) is 109 cm³/mol. The van der Waals surface area contributed by atoms with E-state index in [1.54, 1.807) is 13.0 Å². The number of para-hydroxylation sites is 2. The number of carbonyl (C=O) groups is 1. The van der Waals surface area contributed by atoms with Crippen molar-refractivity contribution in [2.45, 2.75) is 24.7 Å². The third kappa shape index (κ3) is 4.75. The van der Waals surface area contributed by atoms with Gasteiger partial charge in [-0.1, -0.05) is 12.1 Å². The summed E-state index contributed by atoms with van der Waals surface area (Å²) in [5, 5.41) is 2.72. The molecule has 0 bridgehead atoms. The lowest BCUT2D eigenvalue weighted by Crippen LogP contribution is -2.23. The predicted octanol–water partition coefficient (Wildman–Crippen LogP) is 3.05. The van der Waals surface area contributed by atoms with Gasteiger partial charge in [-0.3, -0.25) is 4.79 Å². The van der Waals surface area contributed by atoms with Gasteiger partial charge >= 0.3 is 0 Å². The van der Waals surface area contributed by atoms with Crippen LogP contribution in [0.25, 0.3) is 11.1 Å². The van der Waals surface area contributed by atoms with Crippen molar-refractivity contribution in [3.8, 4) is 5.75 Å². The number of ether oxygens (including phenoxy) is 1. The van der Waals surface area contributed by atoms with Crippen LogP contribution in [0, 0.1) is 0 Å². The van der Waals surface area contributed by atoms with Crippen LogP contribution in [0.5, 0.6) is 5.75 Å². The fraction of sp³-hybridized carbons (Fsp3) is 0.300. The van der Waals surface area contributed by atoms with Crippen LogP contribution in [0.4, 0.5) is 5.69 Å². The van der Waals surface area contributed by atoms with Gasteiger partial charge in [-0.2, -0.15) is 0 Å². The second kappa shape index (κ2) is 8.62. The number of aryl methyl sites for hydroxylation is 1. The van der Waals surface area contributed by atoms with Crippen LogP contribution in [0.3, 0.4) is 0 Å². The zero-order chi connectivity index (χ0) is 21.0. The van der Waals surface area contributed by atoms with Gasteiger partial charge in [-0.15, -0.1) is 0 Å². The van der Waals surface area contributed by atoms with E-state index >= 15 is 0 Å². The third-order valence-corrected chi connectivity index (χ3v) is 6.03. The Balaban J connectivity index is 1.72. The lowest BCUT2D eigenvalue weighted by Gasteiger charge is -2.16. The Hall–Kier alpha value is -2.91. The number of sulfonamides is 1. The van der Waals surface area contributed by atoms with Gasteiger partial charge in [-0.25, -0.2) is 17.7 Å². The number of nitrogens with zero attached hydrogens (tertiary/aromatic N) is 2. The number of aromatic nitrogens is 1. The lowest BCUT2D eigenvalue weighted by atomic mass is 10.2. The first kappa shape index (κ1) is 20.8. The first-order valence-electron chi connectivity index (χ1n) is 9.15. The first-order valence-corrected chi connectivity index (χ1v) is 10.6. The summed E-state index contributed by atoms with van der Waals surface area (Å²) >= 11 is 0. The van der Waals surface area contributed by atoms with Gasteiger partial charge in [0.2, 0.25) is 15.9 Å². The Bertz CT molecular complexity index is 1090. The smallest absolute Gasteiger partial charge is 0.246 e. The molecule has 0 aliphatic rings. The summed E-state index contributed by atoms with van der Waals surface area (Å²) in [5.74, 6) is 0.444. The van der Waals surface area contributed by atoms with Crippen molar-refractivity contribution in [3.63, 3.8) is 0 Å². The fourth-order valence-electron chi connectivity index (χ4n) is 2.73. The van der Waals surface area contributed by atoms with Crippen molar-refractivity contribution in [2.75, 3.05) is 26.0 Å². The van der Waals surface area contributed by atoms with Crippen LogP contribution in [0.1, 0.15) is 19.2 Å². The lowest BCUT2D eigenvalue weighted by molar-refractivity contribution is -0.116. The van der Waals surface area contributed by atoms with Crippen molar-refractivity contribution < 1.29 is 22.4 Å². The number of anilines is 1. The van der Waals surface area contributed by atoms with Gasteiger partial charge < -0.3 is 14.5 Å². The summed E-state index contributed by atoms with van der Waals surface area (Å²) in [6.45, 7) is 2.10. The molecule has 0 saturated heterocycles. The number of amides is 1. The van der Waals surface area contributed by atoms with E-state index in [1.807, 2.05) is 24.3 Å². The molecule has 0 fully saturated rings. The second-order valence-electron chi connectivity index (χ2n) is 6.51. The standard InChI is InChI=1S/C20H23N3O5S/c1-4-27-17-10-9-14(13-18(17)29(25,26)23(2)3)21-19(24)11-12-20-22-15-7-5-6-8-16(15)28-20/h5-10,13H,4,11-12H2,1-3H3,(H,21,24). The highest BCUT2D eigenvalue weighted by Gasteiger charge is 2.23. The van der Waals surface area contributed by atoms with Gasteiger partial charge in [0.15, 0.2) is 11.5 Å². The quantitative estimate of drug-likeness (QED) is 0.604. The molecule has 0 radical (unpaired) electrons. The fourth-order valence-corrected chi connectivity index (χ4v) is 3.78. The molecule has 1 N–H and O–H groups in total. The molecule has 154 valence electrons. The van der Waals surface area contributed by atoms with Crippen LogP contribution in [-0.2, 0) is 21.2 Å². The second-order valence-corrected chi connectivity index (χ2v) is 8.63. The number of hydrogen-bond acceptors (Lipinski definition) is 6. The van der Waals surface area contributed by atoms with Crippen molar-refractivity contribution in [1.29, 1.82) is 0 Å². The monoisotopic (exact) mass is 417 g/mol. The van der Waals surface area contributed by atoms with E-state index in [-0.39, 0.29) is 23.0 Å². The molecule has 0 saturated carbocycles. The van der Waals surface area contributed by atoms with Gasteiger partial charge in [0.1, 0.15) is 16.2 Å². The molecule has 0 aliphatic heterocycles. The highest BCUT2D eigenvalue weighted by atomic mass is 32.2. The Morgan fingerprint density at radius 3 is 2.66 bits per heavy atom. The third-order valence-electron chi connectivity index (χ3n) is 4.19. The summed E-state index contributed by atoms with van der Waals surface area (Å²) in [7, 11) is -0.844. The maximum atomic E-state index is 12.6. The van der Waals surface area contributed by atoms with Crippen molar-refractivity contribution in [3.05, 3.63) is 48.4 Å². The maximum absolute atomic E-state index is 12.6. The molecular weight excluding hydrogens is 394 g/mol. The molecule has 1 amide bonds. The molecule has 8 nitrogen and oxygen atoms in total. The normalized spacial score (nSPS) is 11.7. The molecule has 1 heterocycles. The van der Waals surface area contributed by atoms with Crippen LogP contribution >= 0.6 is 0 Å². The first-order chi connectivity index (χ1) is 13.8. The molecule has 29 heavy (non-hydrogen) atoms. The van der Waals surface area contributed by atoms with E-state index in [9.17, 15) is 13.2 Å². The van der Waals surface area contributed by atoms with Crippen LogP contribution in [0.15, 0.2) is 51.8 Å². The average molecular weight is 417 g/mol. The summed E-state index contributed by atoms with van der Waals surface area (Å²) in [6, 6.07) is 11.9. The van der Waals surface area contributed by atoms with Crippen molar-refractivity contribution in [2.24, 2.45) is 0 Å². The van der Waals surface area contributed by atoms with E-state index < -0.39 is 10.0 Å². The highest BCUT2D eigenvalue weighted by molar-refractivity contribution is 7.89. The van der Waals surface area contributed by atoms with Gasteiger partial charge in [0.05, 0.1) is 6.61 Å². The molecule has 3 aromatic rings. The Kier molecular flexibility index (Phi) is 6.19. The molecular formula is C20H23N3O5S. The van der Waals surface area contributed by atoms with E-state index in [1.165, 1.54) is 26.2 Å². The van der Waals surface area contributed by atoms with Crippen LogP contribution in [0.2, 0.25) is 0 Å². The molecule has 0 spiro atoms. The average Bonchev–Trinajstić information content (AvgIpc) is 3.10. The summed E-state index contributed by atoms with van der Waals surface area (Å²) in [5.41, 5.74) is 1.79. The zero-order valence-electron chi connectivity index (χ0n) is 16.5. The number of benzene rings is 2. The maximum Gasteiger partial charge on any atom is 0.246 e. The molecule has 2 aromatic carbocycles. The van der Waals surface area contributed by atoms with Crippen LogP contribution < -0.4 is 10.1 Å². The molecule has 0 unspecified atom stereocenters. The number of carbonyl (C=O) groups excluding carboxylic acids is 1. The van der Waals surface area contributed by atoms with E-state index in [2.05, 4.69) is 10.3 Å². The van der Waals surface area contributed by atoms with Gasteiger partial charge in [0, 0.05) is 32.6 Å². The number of hydrogen-bond donors (Lipinski definition) is 1. The van der Waals surface area contributed by atoms with Gasteiger partial charge in [-0.05, 0) is 37.3 Å². The Morgan fingerprint density at radius 1 is 1.21 bits per heavy atom. The molecule has 0 aliphatic carbocycles. The Morgan fingerprint density at radius 2 is 1.97 bits per heavy atom. The molecule has 9 heteroatoms. The number of fused-ring (bicyclic) bond motifs is 1. The number of oxazole rings is 1. The SMILES string of the molecule is CCOc1ccc(NC(=O)CCc2nc3ccccc3o2)cc1S(=O)(=O)N(C)C. The van der Waals surface area contributed by atoms with E-state index in [4.69, 9.17) is 9.15 Å². The number of nitrogens with one attached hydrogen (secondary N) is 1. The molecule has 1 aromatic heterocycles. The Labute approximate surface area is 169 Å². The largest absolute Gasteiger partial charge is 0.492 e. The van der Waals surface area contributed by atoms with Crippen LogP contribution in [-0.4, -0.2) is 44.3 Å². The van der Waals surface area contributed by atoms with Crippen molar-refractivity contribution >= 4 is 32.7 Å². The minimum Gasteiger partial charge on any atom is -0.492 e. The van der Waals surface area contributed by atoms with E-state index in [0.29, 0.717) is 30.2 Å². The summed E-state index contributed by atoms with van der Waals surface area (Å²) in [4.78, 5) is 16.7. The summed E-state index contributed by atoms with van der Waals surface area (Å²) in [6.07, 6.45) is 0.482. The minimum atomic E-state index is -3.73. The van der Waals surface area contributed by atoms with Gasteiger partial charge in [0.25, 0.3) is 0 Å². The number of rotatable bonds is 8. The van der Waals surface area contributed by atoms with E-state index in [0.717, 1.165) is 9.82 Å². The van der Waals surface area contributed by atoms with Crippen molar-refractivity contribution in [1.82, 2.24) is 9.29 Å². The minimum absolute atomic E-state index is 0.00102. The summed E-state index contributed by atoms with van der Waals surface area (Å²) < 4.78 is 37.3. The highest BCUT2D eigenvalue weighted by Crippen LogP contribution is 2.29. The molecule has 0 atom stereocenters. The zero-order valence-corrected chi connectivity index (χ0v) is 17.3.